The molecular formula is C12H11ClN2OS. The second-order valence-corrected chi connectivity index (χ2v) is 4.86. The Bertz CT molecular complexity index is 565. The number of carbonyl (C=O) groups excluding carboxylic acids is 1. The van der Waals surface area contributed by atoms with Crippen LogP contribution in [0.4, 0.5) is 5.69 Å². The highest BCUT2D eigenvalue weighted by atomic mass is 35.5. The maximum absolute atomic E-state index is 11.9. The van der Waals surface area contributed by atoms with Crippen LogP contribution in [0.15, 0.2) is 23.0 Å². The fraction of sp³-hybridized carbons (Fsp3) is 0.167. The molecule has 17 heavy (non-hydrogen) atoms. The number of hydrogen-bond donors (Lipinski definition) is 1. The Morgan fingerprint density at radius 3 is 2.71 bits per heavy atom. The van der Waals surface area contributed by atoms with Crippen LogP contribution in [0.25, 0.3) is 0 Å². The number of thiophene rings is 1. The van der Waals surface area contributed by atoms with E-state index in [0.29, 0.717) is 16.4 Å². The third kappa shape index (κ3) is 2.65. The van der Waals surface area contributed by atoms with Gasteiger partial charge in [0.1, 0.15) is 5.15 Å². The second-order valence-electron chi connectivity index (χ2n) is 3.75. The number of nitrogens with one attached hydrogen (secondary N) is 1. The number of anilines is 1. The van der Waals surface area contributed by atoms with Crippen LogP contribution in [0.1, 0.15) is 21.5 Å². The van der Waals surface area contributed by atoms with Crippen LogP contribution in [0.3, 0.4) is 0 Å². The first-order valence-electron chi connectivity index (χ1n) is 5.04. The molecule has 2 aromatic heterocycles. The molecule has 88 valence electrons. The van der Waals surface area contributed by atoms with Gasteiger partial charge in [-0.1, -0.05) is 11.6 Å². The van der Waals surface area contributed by atoms with Crippen molar-refractivity contribution in [3.05, 3.63) is 44.9 Å². The predicted molar refractivity (Wildman–Crippen MR) is 71.0 cm³/mol. The third-order valence-electron chi connectivity index (χ3n) is 2.37. The molecule has 0 aliphatic carbocycles. The number of rotatable bonds is 2. The van der Waals surface area contributed by atoms with E-state index in [1.165, 1.54) is 11.3 Å². The van der Waals surface area contributed by atoms with E-state index < -0.39 is 0 Å². The van der Waals surface area contributed by atoms with Gasteiger partial charge in [-0.3, -0.25) is 4.79 Å². The SMILES string of the molecule is Cc1cscc1C(=O)Nc1cnc(Cl)c(C)c1. The number of aryl methyl sites for hydroxylation is 2. The molecule has 0 saturated carbocycles. The van der Waals surface area contributed by atoms with Crippen LogP contribution < -0.4 is 5.32 Å². The molecular weight excluding hydrogens is 256 g/mol. The van der Waals surface area contributed by atoms with E-state index in [-0.39, 0.29) is 5.91 Å². The van der Waals surface area contributed by atoms with E-state index in [2.05, 4.69) is 10.3 Å². The van der Waals surface area contributed by atoms with E-state index >= 15 is 0 Å². The smallest absolute Gasteiger partial charge is 0.256 e. The van der Waals surface area contributed by atoms with E-state index in [1.807, 2.05) is 24.6 Å². The van der Waals surface area contributed by atoms with Crippen molar-refractivity contribution in [2.24, 2.45) is 0 Å². The predicted octanol–water partition coefficient (Wildman–Crippen LogP) is 3.67. The fourth-order valence-corrected chi connectivity index (χ4v) is 2.35. The average molecular weight is 267 g/mol. The van der Waals surface area contributed by atoms with Crippen molar-refractivity contribution in [2.45, 2.75) is 13.8 Å². The molecule has 1 N–H and O–H groups in total. The molecule has 0 radical (unpaired) electrons. The Labute approximate surface area is 108 Å². The Hall–Kier alpha value is -1.39. The highest BCUT2D eigenvalue weighted by Gasteiger charge is 2.10. The summed E-state index contributed by atoms with van der Waals surface area (Å²) in [7, 11) is 0. The minimum absolute atomic E-state index is 0.118. The molecule has 0 saturated heterocycles. The van der Waals surface area contributed by atoms with Gasteiger partial charge in [0.15, 0.2) is 0 Å². The Kier molecular flexibility index (Phi) is 3.45. The standard InChI is InChI=1S/C12H11ClN2OS/c1-7-3-9(4-14-11(7)13)15-12(16)10-6-17-5-8(10)2/h3-6H,1-2H3,(H,15,16). The van der Waals surface area contributed by atoms with Gasteiger partial charge in [0.25, 0.3) is 5.91 Å². The summed E-state index contributed by atoms with van der Waals surface area (Å²) >= 11 is 7.33. The Morgan fingerprint density at radius 2 is 2.12 bits per heavy atom. The van der Waals surface area contributed by atoms with E-state index in [0.717, 1.165) is 11.1 Å². The topological polar surface area (TPSA) is 42.0 Å². The number of amides is 1. The summed E-state index contributed by atoms with van der Waals surface area (Å²) < 4.78 is 0. The van der Waals surface area contributed by atoms with Crippen LogP contribution in [0.2, 0.25) is 5.15 Å². The Balaban J connectivity index is 2.19. The number of nitrogens with zero attached hydrogens (tertiary/aromatic N) is 1. The minimum atomic E-state index is -0.118. The molecule has 2 aromatic rings. The number of pyridine rings is 1. The normalized spacial score (nSPS) is 10.3. The minimum Gasteiger partial charge on any atom is -0.321 e. The molecule has 0 aromatic carbocycles. The molecule has 0 fully saturated rings. The van der Waals surface area contributed by atoms with Crippen molar-refractivity contribution in [1.29, 1.82) is 0 Å². The van der Waals surface area contributed by atoms with Crippen molar-refractivity contribution in [1.82, 2.24) is 4.98 Å². The van der Waals surface area contributed by atoms with Gasteiger partial charge in [0.05, 0.1) is 17.4 Å². The van der Waals surface area contributed by atoms with Gasteiger partial charge in [-0.15, -0.1) is 0 Å². The molecule has 1 amide bonds. The maximum Gasteiger partial charge on any atom is 0.256 e. The zero-order chi connectivity index (χ0) is 12.4. The number of carbonyl (C=O) groups is 1. The monoisotopic (exact) mass is 266 g/mol. The first kappa shape index (κ1) is 12.1. The fourth-order valence-electron chi connectivity index (χ4n) is 1.42. The lowest BCUT2D eigenvalue weighted by Crippen LogP contribution is -2.12. The lowest BCUT2D eigenvalue weighted by atomic mass is 10.2. The van der Waals surface area contributed by atoms with Crippen LogP contribution in [0, 0.1) is 13.8 Å². The molecule has 0 spiro atoms. The number of aromatic nitrogens is 1. The highest BCUT2D eigenvalue weighted by molar-refractivity contribution is 7.08. The molecule has 0 unspecified atom stereocenters. The lowest BCUT2D eigenvalue weighted by Gasteiger charge is -2.06. The average Bonchev–Trinajstić information content (AvgIpc) is 2.70. The summed E-state index contributed by atoms with van der Waals surface area (Å²) in [5, 5.41) is 7.03. The summed E-state index contributed by atoms with van der Waals surface area (Å²) in [5.74, 6) is -0.118. The summed E-state index contributed by atoms with van der Waals surface area (Å²) in [4.78, 5) is 15.9. The maximum atomic E-state index is 11.9. The summed E-state index contributed by atoms with van der Waals surface area (Å²) in [6.07, 6.45) is 1.55. The highest BCUT2D eigenvalue weighted by Crippen LogP contribution is 2.19. The van der Waals surface area contributed by atoms with Crippen LogP contribution in [-0.4, -0.2) is 10.9 Å². The van der Waals surface area contributed by atoms with Crippen molar-refractivity contribution in [3.63, 3.8) is 0 Å². The summed E-state index contributed by atoms with van der Waals surface area (Å²) in [5.41, 5.74) is 3.17. The first-order chi connectivity index (χ1) is 8.08. The number of halogens is 1. The largest absolute Gasteiger partial charge is 0.321 e. The van der Waals surface area contributed by atoms with Crippen molar-refractivity contribution < 1.29 is 4.79 Å². The van der Waals surface area contributed by atoms with Gasteiger partial charge in [0, 0.05) is 5.38 Å². The Morgan fingerprint density at radius 1 is 1.35 bits per heavy atom. The van der Waals surface area contributed by atoms with Gasteiger partial charge < -0.3 is 5.32 Å². The molecule has 2 heterocycles. The lowest BCUT2D eigenvalue weighted by molar-refractivity contribution is 0.102. The molecule has 2 rings (SSSR count). The zero-order valence-electron chi connectivity index (χ0n) is 9.45. The van der Waals surface area contributed by atoms with E-state index in [9.17, 15) is 4.79 Å². The van der Waals surface area contributed by atoms with Crippen LogP contribution in [0.5, 0.6) is 0 Å². The van der Waals surface area contributed by atoms with Crippen molar-refractivity contribution >= 4 is 34.5 Å². The second kappa shape index (κ2) is 4.85. The molecule has 0 aliphatic rings. The van der Waals surface area contributed by atoms with Gasteiger partial charge in [-0.05, 0) is 36.4 Å². The zero-order valence-corrected chi connectivity index (χ0v) is 11.0. The van der Waals surface area contributed by atoms with E-state index in [1.54, 1.807) is 12.3 Å². The van der Waals surface area contributed by atoms with Gasteiger partial charge in [0.2, 0.25) is 0 Å². The third-order valence-corrected chi connectivity index (χ3v) is 3.63. The quantitative estimate of drug-likeness (QED) is 0.843. The van der Waals surface area contributed by atoms with Crippen molar-refractivity contribution in [3.8, 4) is 0 Å². The number of hydrogen-bond acceptors (Lipinski definition) is 3. The van der Waals surface area contributed by atoms with Gasteiger partial charge in [-0.2, -0.15) is 11.3 Å². The molecule has 5 heteroatoms. The van der Waals surface area contributed by atoms with E-state index in [4.69, 9.17) is 11.6 Å². The summed E-state index contributed by atoms with van der Waals surface area (Å²) in [6, 6.07) is 1.80. The molecule has 0 aliphatic heterocycles. The van der Waals surface area contributed by atoms with Gasteiger partial charge >= 0.3 is 0 Å². The van der Waals surface area contributed by atoms with Gasteiger partial charge in [-0.25, -0.2) is 4.98 Å². The molecule has 3 nitrogen and oxygen atoms in total. The molecule has 0 atom stereocenters. The van der Waals surface area contributed by atoms with Crippen molar-refractivity contribution in [2.75, 3.05) is 5.32 Å². The van der Waals surface area contributed by atoms with Crippen LogP contribution in [-0.2, 0) is 0 Å². The molecule has 0 bridgehead atoms. The van der Waals surface area contributed by atoms with Crippen LogP contribution >= 0.6 is 22.9 Å². The first-order valence-corrected chi connectivity index (χ1v) is 6.36. The summed E-state index contributed by atoms with van der Waals surface area (Å²) in [6.45, 7) is 3.76.